The van der Waals surface area contributed by atoms with Crippen LogP contribution in [0.25, 0.3) is 0 Å². The van der Waals surface area contributed by atoms with E-state index < -0.39 is 0 Å². The van der Waals surface area contributed by atoms with E-state index in [1.54, 1.807) is 0 Å². The Bertz CT molecular complexity index is 150. The van der Waals surface area contributed by atoms with Gasteiger partial charge < -0.3 is 4.90 Å². The quantitative estimate of drug-likeness (QED) is 0.611. The molecule has 0 aromatic carbocycles. The van der Waals surface area contributed by atoms with Crippen LogP contribution in [0.5, 0.6) is 0 Å². The lowest BCUT2D eigenvalue weighted by molar-refractivity contribution is -0.133. The van der Waals surface area contributed by atoms with E-state index in [-0.39, 0.29) is 5.91 Å². The monoisotopic (exact) mass is 205 g/mol. The molecule has 0 rings (SSSR count). The number of hydrogen-bond donors (Lipinski definition) is 0. The minimum Gasteiger partial charge on any atom is -0.340 e. The Morgan fingerprint density at radius 2 is 2.08 bits per heavy atom. The van der Waals surface area contributed by atoms with Crippen molar-refractivity contribution >= 4 is 17.5 Å². The van der Waals surface area contributed by atoms with E-state index in [1.807, 2.05) is 11.8 Å². The fraction of sp³-hybridized carbons (Fsp3) is 0.900. The third kappa shape index (κ3) is 4.51. The average Bonchev–Trinajstić information content (AvgIpc) is 2.15. The third-order valence-corrected chi connectivity index (χ3v) is 2.58. The predicted octanol–water partition coefficient (Wildman–Crippen LogP) is 2.65. The van der Waals surface area contributed by atoms with Crippen LogP contribution >= 0.6 is 11.6 Å². The van der Waals surface area contributed by atoms with Gasteiger partial charge in [0.05, 0.1) is 0 Å². The molecule has 0 fully saturated rings. The van der Waals surface area contributed by atoms with Crippen LogP contribution in [0, 0.1) is 0 Å². The molecule has 1 amide bonds. The summed E-state index contributed by atoms with van der Waals surface area (Å²) in [6.45, 7) is 7.01. The van der Waals surface area contributed by atoms with Gasteiger partial charge in [0, 0.05) is 24.9 Å². The van der Waals surface area contributed by atoms with E-state index in [0.717, 1.165) is 19.4 Å². The van der Waals surface area contributed by atoms with Gasteiger partial charge in [-0.05, 0) is 26.7 Å². The lowest BCUT2D eigenvalue weighted by atomic mass is 10.2. The number of hydrogen-bond acceptors (Lipinski definition) is 1. The van der Waals surface area contributed by atoms with Gasteiger partial charge in [0.1, 0.15) is 0 Å². The molecular formula is C10H20ClNO. The summed E-state index contributed by atoms with van der Waals surface area (Å²) in [5.74, 6) is 0.807. The van der Waals surface area contributed by atoms with E-state index in [0.29, 0.717) is 18.3 Å². The van der Waals surface area contributed by atoms with E-state index in [2.05, 4.69) is 13.8 Å². The van der Waals surface area contributed by atoms with Gasteiger partial charge in [0.2, 0.25) is 5.91 Å². The molecule has 78 valence electrons. The van der Waals surface area contributed by atoms with Crippen LogP contribution in [0.4, 0.5) is 0 Å². The minimum absolute atomic E-state index is 0.234. The van der Waals surface area contributed by atoms with Crippen LogP contribution < -0.4 is 0 Å². The third-order valence-electron chi connectivity index (χ3n) is 2.31. The maximum absolute atomic E-state index is 11.6. The molecule has 3 heteroatoms. The summed E-state index contributed by atoms with van der Waals surface area (Å²) in [5.41, 5.74) is 0. The molecule has 1 atom stereocenters. The van der Waals surface area contributed by atoms with Crippen molar-refractivity contribution in [2.45, 2.75) is 46.1 Å². The molecule has 0 spiro atoms. The highest BCUT2D eigenvalue weighted by molar-refractivity contribution is 6.17. The molecule has 1 unspecified atom stereocenters. The van der Waals surface area contributed by atoms with E-state index >= 15 is 0 Å². The van der Waals surface area contributed by atoms with Crippen molar-refractivity contribution < 1.29 is 4.79 Å². The maximum atomic E-state index is 11.6. The van der Waals surface area contributed by atoms with Gasteiger partial charge in [-0.25, -0.2) is 0 Å². The van der Waals surface area contributed by atoms with Crippen LogP contribution in [0.3, 0.4) is 0 Å². The van der Waals surface area contributed by atoms with Gasteiger partial charge in [-0.2, -0.15) is 0 Å². The van der Waals surface area contributed by atoms with Crippen molar-refractivity contribution in [3.05, 3.63) is 0 Å². The van der Waals surface area contributed by atoms with Crippen molar-refractivity contribution in [2.75, 3.05) is 12.4 Å². The Morgan fingerprint density at radius 1 is 1.46 bits per heavy atom. The molecule has 2 nitrogen and oxygen atoms in total. The zero-order valence-corrected chi connectivity index (χ0v) is 9.60. The topological polar surface area (TPSA) is 20.3 Å². The highest BCUT2D eigenvalue weighted by Crippen LogP contribution is 2.07. The maximum Gasteiger partial charge on any atom is 0.222 e. The first-order valence-corrected chi connectivity index (χ1v) is 5.56. The summed E-state index contributed by atoms with van der Waals surface area (Å²) in [7, 11) is 0. The molecule has 0 heterocycles. The molecular weight excluding hydrogens is 186 g/mol. The Balaban J connectivity index is 3.99. The molecule has 0 aliphatic heterocycles. The first-order chi connectivity index (χ1) is 6.17. The van der Waals surface area contributed by atoms with Gasteiger partial charge in [-0.1, -0.05) is 6.92 Å². The van der Waals surface area contributed by atoms with Gasteiger partial charge in [0.25, 0.3) is 0 Å². The standard InChI is InChI=1S/C10H20ClNO/c1-4-9(3)12(5-2)10(13)7-6-8-11/h9H,4-8H2,1-3H3. The van der Waals surface area contributed by atoms with Crippen LogP contribution in [0.15, 0.2) is 0 Å². The number of alkyl halides is 1. The Labute approximate surface area is 86.2 Å². The molecule has 13 heavy (non-hydrogen) atoms. The van der Waals surface area contributed by atoms with E-state index in [9.17, 15) is 4.79 Å². The zero-order chi connectivity index (χ0) is 10.3. The molecule has 0 aliphatic carbocycles. The van der Waals surface area contributed by atoms with E-state index in [1.165, 1.54) is 0 Å². The molecule has 0 aliphatic rings. The van der Waals surface area contributed by atoms with Crippen molar-refractivity contribution in [1.29, 1.82) is 0 Å². The number of carbonyl (C=O) groups is 1. The van der Waals surface area contributed by atoms with E-state index in [4.69, 9.17) is 11.6 Å². The number of carbonyl (C=O) groups excluding carboxylic acids is 1. The van der Waals surface area contributed by atoms with Crippen LogP contribution in [0.1, 0.15) is 40.0 Å². The van der Waals surface area contributed by atoms with Crippen LogP contribution in [0.2, 0.25) is 0 Å². The molecule has 0 N–H and O–H groups in total. The highest BCUT2D eigenvalue weighted by atomic mass is 35.5. The first kappa shape index (κ1) is 12.8. The van der Waals surface area contributed by atoms with Crippen LogP contribution in [-0.2, 0) is 4.79 Å². The van der Waals surface area contributed by atoms with Crippen molar-refractivity contribution in [1.82, 2.24) is 4.90 Å². The Hall–Kier alpha value is -0.240. The molecule has 0 bridgehead atoms. The number of nitrogens with zero attached hydrogens (tertiary/aromatic N) is 1. The summed E-state index contributed by atoms with van der Waals surface area (Å²) < 4.78 is 0. The smallest absolute Gasteiger partial charge is 0.222 e. The van der Waals surface area contributed by atoms with Crippen molar-refractivity contribution in [3.8, 4) is 0 Å². The first-order valence-electron chi connectivity index (χ1n) is 5.02. The summed E-state index contributed by atoms with van der Waals surface area (Å²) in [4.78, 5) is 13.5. The van der Waals surface area contributed by atoms with Crippen molar-refractivity contribution in [2.24, 2.45) is 0 Å². The van der Waals surface area contributed by atoms with Crippen molar-refractivity contribution in [3.63, 3.8) is 0 Å². The van der Waals surface area contributed by atoms with Gasteiger partial charge >= 0.3 is 0 Å². The Kier molecular flexibility index (Phi) is 7.06. The summed E-state index contributed by atoms with van der Waals surface area (Å²) in [6.07, 6.45) is 2.38. The highest BCUT2D eigenvalue weighted by Gasteiger charge is 2.15. The van der Waals surface area contributed by atoms with Gasteiger partial charge in [-0.3, -0.25) is 4.79 Å². The molecule has 0 saturated heterocycles. The average molecular weight is 206 g/mol. The predicted molar refractivity (Wildman–Crippen MR) is 57.1 cm³/mol. The van der Waals surface area contributed by atoms with Gasteiger partial charge in [0.15, 0.2) is 0 Å². The molecule has 0 aromatic heterocycles. The lowest BCUT2D eigenvalue weighted by Crippen LogP contribution is -2.37. The zero-order valence-electron chi connectivity index (χ0n) is 8.85. The minimum atomic E-state index is 0.234. The molecule has 0 aromatic rings. The SMILES string of the molecule is CCC(C)N(CC)C(=O)CCCCl. The second kappa shape index (κ2) is 7.19. The second-order valence-electron chi connectivity index (χ2n) is 3.23. The Morgan fingerprint density at radius 3 is 2.46 bits per heavy atom. The largest absolute Gasteiger partial charge is 0.340 e. The fourth-order valence-corrected chi connectivity index (χ4v) is 1.45. The molecule has 0 radical (unpaired) electrons. The second-order valence-corrected chi connectivity index (χ2v) is 3.61. The number of rotatable bonds is 6. The number of amides is 1. The summed E-state index contributed by atoms with van der Waals surface area (Å²) in [6, 6.07) is 0.354. The fourth-order valence-electron chi connectivity index (χ4n) is 1.32. The summed E-state index contributed by atoms with van der Waals surface area (Å²) in [5, 5.41) is 0. The summed E-state index contributed by atoms with van der Waals surface area (Å²) >= 11 is 5.54. The van der Waals surface area contributed by atoms with Gasteiger partial charge in [-0.15, -0.1) is 11.6 Å². The lowest BCUT2D eigenvalue weighted by Gasteiger charge is -2.27. The normalized spacial score (nSPS) is 12.6. The van der Waals surface area contributed by atoms with Crippen LogP contribution in [-0.4, -0.2) is 29.3 Å². The number of halogens is 1. The molecule has 0 saturated carbocycles.